The fourth-order valence-electron chi connectivity index (χ4n) is 3.47. The molecule has 1 aliphatic rings. The van der Waals surface area contributed by atoms with E-state index in [1.165, 1.54) is 28.1 Å². The molecule has 12 heteroatoms. The number of allylic oxidation sites excluding steroid dienone is 2. The van der Waals surface area contributed by atoms with Crippen molar-refractivity contribution in [2.24, 2.45) is 5.92 Å². The topological polar surface area (TPSA) is 104 Å². The van der Waals surface area contributed by atoms with E-state index in [2.05, 4.69) is 19.8 Å². The molecule has 1 fully saturated rings. The number of hydrogen-bond donors (Lipinski definition) is 1. The third-order valence-electron chi connectivity index (χ3n) is 5.73. The molecule has 0 aliphatic heterocycles. The summed E-state index contributed by atoms with van der Waals surface area (Å²) in [5.74, 6) is 0.326. The second-order valence-electron chi connectivity index (χ2n) is 8.78. The van der Waals surface area contributed by atoms with E-state index in [0.29, 0.717) is 23.8 Å². The van der Waals surface area contributed by atoms with Gasteiger partial charge in [-0.3, -0.25) is 0 Å². The molecule has 1 aliphatic carbocycles. The van der Waals surface area contributed by atoms with Crippen LogP contribution in [0, 0.1) is 12.5 Å². The number of alkyl halides is 2. The van der Waals surface area contributed by atoms with Crippen LogP contribution in [0.4, 0.5) is 19.3 Å². The molecule has 1 amide bonds. The van der Waals surface area contributed by atoms with E-state index in [1.54, 1.807) is 31.3 Å². The average Bonchev–Trinajstić information content (AvgIpc) is 3.70. The predicted octanol–water partition coefficient (Wildman–Crippen LogP) is 6.58. The third kappa shape index (κ3) is 10.1. The van der Waals surface area contributed by atoms with Gasteiger partial charge in [-0.1, -0.05) is 0 Å². The summed E-state index contributed by atoms with van der Waals surface area (Å²) >= 11 is 16.9. The van der Waals surface area contributed by atoms with Gasteiger partial charge >= 0.3 is 227 Å². The molecular formula is C27H28Cl2F2N2NiO5-2. The van der Waals surface area contributed by atoms with Crippen molar-refractivity contribution in [3.05, 3.63) is 75.8 Å². The van der Waals surface area contributed by atoms with Crippen LogP contribution in [0.25, 0.3) is 0 Å². The molecule has 0 unspecified atom stereocenters. The quantitative estimate of drug-likeness (QED) is 0.116. The fraction of sp³-hybridized carbons (Fsp3) is 0.333. The maximum absolute atomic E-state index is 13.1. The van der Waals surface area contributed by atoms with Crippen molar-refractivity contribution in [3.63, 3.8) is 0 Å². The van der Waals surface area contributed by atoms with Gasteiger partial charge in [0.1, 0.15) is 0 Å². The zero-order valence-electron chi connectivity index (χ0n) is 20.9. The van der Waals surface area contributed by atoms with Crippen LogP contribution in [0.15, 0.2) is 58.1 Å². The zero-order chi connectivity index (χ0) is 27.8. The molecule has 0 heterocycles. The summed E-state index contributed by atoms with van der Waals surface area (Å²) in [6.07, 6.45) is 0.338. The van der Waals surface area contributed by atoms with Gasteiger partial charge in [0.2, 0.25) is 0 Å². The van der Waals surface area contributed by atoms with Gasteiger partial charge in [-0.2, -0.15) is 0 Å². The Morgan fingerprint density at radius 3 is 2.44 bits per heavy atom. The normalized spacial score (nSPS) is 14.1. The molecule has 0 bridgehead atoms. The van der Waals surface area contributed by atoms with Gasteiger partial charge in [-0.25, -0.2) is 0 Å². The van der Waals surface area contributed by atoms with Gasteiger partial charge in [0.15, 0.2) is 0 Å². The smallest absolute Gasteiger partial charge is 0.870 e. The van der Waals surface area contributed by atoms with Gasteiger partial charge < -0.3 is 11.2 Å². The summed E-state index contributed by atoms with van der Waals surface area (Å²) in [6.45, 7) is 3.39. The van der Waals surface area contributed by atoms with Gasteiger partial charge in [-0.15, -0.1) is 0 Å². The molecule has 3 N–H and O–H groups in total. The zero-order valence-corrected chi connectivity index (χ0v) is 23.4. The number of nitrogen functional groups attached to an aromatic ring is 1. The Morgan fingerprint density at radius 2 is 1.87 bits per heavy atom. The molecule has 1 atom stereocenters. The van der Waals surface area contributed by atoms with Crippen LogP contribution >= 0.6 is 23.2 Å². The number of rotatable bonds is 13. The number of ether oxygens (including phenoxy) is 3. The van der Waals surface area contributed by atoms with Crippen molar-refractivity contribution in [3.8, 4) is 11.5 Å². The number of benzene rings is 2. The first-order chi connectivity index (χ1) is 18.1. The molecule has 1 saturated carbocycles. The molecule has 0 radical (unpaired) electrons. The fourth-order valence-corrected chi connectivity index (χ4v) is 4.05. The summed E-state index contributed by atoms with van der Waals surface area (Å²) in [7, 11) is 1.57. The summed E-state index contributed by atoms with van der Waals surface area (Å²) < 4.78 is 42.2. The number of nitrogens with two attached hydrogens (primary N) is 1. The van der Waals surface area contributed by atoms with E-state index in [-0.39, 0.29) is 45.6 Å². The first kappa shape index (κ1) is 32.6. The number of nitrogens with zero attached hydrogens (tertiary/aromatic N) is 1. The van der Waals surface area contributed by atoms with Gasteiger partial charge in [-0.05, 0) is 0 Å². The van der Waals surface area contributed by atoms with Crippen LogP contribution in [0.2, 0.25) is 0 Å². The van der Waals surface area contributed by atoms with E-state index < -0.39 is 18.8 Å². The van der Waals surface area contributed by atoms with E-state index in [9.17, 15) is 13.6 Å². The SMILES string of the molecule is [CH-]=C(Cl)/C(C[C@H](OC(=O)N(C)Cc1ccc(N)cc1)c1ccc(OC(F)F)c(OCC2CC2)c1)=C(/Cl)[CH]=[Ni].[OH-]. The van der Waals surface area contributed by atoms with Crippen LogP contribution in [0.3, 0.4) is 0 Å². The van der Waals surface area contributed by atoms with Crippen molar-refractivity contribution in [1.82, 2.24) is 4.90 Å². The number of carbonyl (C=O) groups is 1. The molecule has 0 saturated heterocycles. The second-order valence-corrected chi connectivity index (χ2v) is 9.88. The van der Waals surface area contributed by atoms with Crippen LogP contribution in [0.5, 0.6) is 11.5 Å². The van der Waals surface area contributed by atoms with E-state index in [1.807, 2.05) is 0 Å². The van der Waals surface area contributed by atoms with E-state index in [0.717, 1.165) is 18.4 Å². The maximum atomic E-state index is 13.1. The van der Waals surface area contributed by atoms with Gasteiger partial charge in [0, 0.05) is 5.69 Å². The Morgan fingerprint density at radius 1 is 1.21 bits per heavy atom. The Hall–Kier alpha value is -2.65. The molecule has 216 valence electrons. The molecule has 39 heavy (non-hydrogen) atoms. The van der Waals surface area contributed by atoms with Crippen molar-refractivity contribution >= 4 is 40.0 Å². The average molecular weight is 628 g/mol. The van der Waals surface area contributed by atoms with Crippen LogP contribution in [-0.4, -0.2) is 41.7 Å². The van der Waals surface area contributed by atoms with Crippen molar-refractivity contribution < 1.29 is 48.3 Å². The van der Waals surface area contributed by atoms with Crippen molar-refractivity contribution in [2.45, 2.75) is 38.5 Å². The van der Waals surface area contributed by atoms with Gasteiger partial charge in [0.25, 0.3) is 0 Å². The minimum atomic E-state index is -3.04. The first-order valence-corrected chi connectivity index (χ1v) is 12.9. The summed E-state index contributed by atoms with van der Waals surface area (Å²) in [6, 6.07) is 11.4. The Kier molecular flexibility index (Phi) is 12.7. The third-order valence-corrected chi connectivity index (χ3v) is 6.72. The van der Waals surface area contributed by atoms with E-state index >= 15 is 0 Å². The number of halogens is 4. The minimum Gasteiger partial charge on any atom is -0.870 e. The minimum absolute atomic E-state index is 0. The Labute approximate surface area is 243 Å². The number of hydrogen-bond acceptors (Lipinski definition) is 6. The molecule has 3 rings (SSSR count). The molecular weight excluding hydrogens is 600 g/mol. The van der Waals surface area contributed by atoms with E-state index in [4.69, 9.17) is 45.0 Å². The molecule has 7 nitrogen and oxygen atoms in total. The van der Waals surface area contributed by atoms with Gasteiger partial charge in [0.05, 0.1) is 0 Å². The summed E-state index contributed by atoms with van der Waals surface area (Å²) in [5, 5.41) is -0.000854. The summed E-state index contributed by atoms with van der Waals surface area (Å²) in [5.41, 5.74) is 7.87. The Balaban J connectivity index is 0.00000533. The van der Waals surface area contributed by atoms with Crippen molar-refractivity contribution in [1.29, 1.82) is 0 Å². The standard InChI is InChI=1S/C27H27Cl2F2N2O4.Ni.H2O/c1-16(28)22(17(2)29)13-24(37-27(34)33(3)14-18-6-9-21(32)10-7-18)20-8-11-23(36-26(30)31)25(12-20)35-15-19-4-5-19;;/h1-2,6-12,19,24,26H,4-5,13-15,32H2,3H3;;1H2/q-1;;/p-1/b22-16+;;/t24-;;/m0../s1. The first-order valence-electron chi connectivity index (χ1n) is 11.6. The monoisotopic (exact) mass is 626 g/mol. The number of carbonyl (C=O) groups excluding carboxylic acids is 1. The van der Waals surface area contributed by atoms with Crippen LogP contribution in [0.1, 0.15) is 36.5 Å². The summed E-state index contributed by atoms with van der Waals surface area (Å²) in [4.78, 5) is 15.7. The molecule has 2 aromatic carbocycles. The molecule has 0 aromatic heterocycles. The Bertz CT molecular complexity index is 1190. The van der Waals surface area contributed by atoms with Crippen LogP contribution in [-0.2, 0) is 26.3 Å². The number of amides is 1. The largest absolute Gasteiger partial charge is 0.870 e. The second kappa shape index (κ2) is 15.2. The molecule has 0 spiro atoms. The predicted molar refractivity (Wildman–Crippen MR) is 142 cm³/mol. The number of anilines is 1. The van der Waals surface area contributed by atoms with Crippen molar-refractivity contribution in [2.75, 3.05) is 19.4 Å². The van der Waals surface area contributed by atoms with Crippen LogP contribution < -0.4 is 15.2 Å². The maximum Gasteiger partial charge on any atom is -0.870 e. The molecule has 2 aromatic rings.